The maximum absolute atomic E-state index is 13.0. The van der Waals surface area contributed by atoms with Crippen LogP contribution in [0.2, 0.25) is 0 Å². The lowest BCUT2D eigenvalue weighted by Gasteiger charge is -2.07. The standard InChI is InChI=1S/C19H28F2/c1-2-3-4-5-6-7-8-12-15-18(19(20)21)16-17-13-10-9-11-14-17/h9-11,13-14H,2-8,12,15-16H2,1H3. The zero-order chi connectivity index (χ0) is 15.3. The smallest absolute Gasteiger partial charge is 0.173 e. The van der Waals surface area contributed by atoms with Crippen molar-refractivity contribution in [2.75, 3.05) is 0 Å². The summed E-state index contributed by atoms with van der Waals surface area (Å²) in [6, 6.07) is 9.54. The summed E-state index contributed by atoms with van der Waals surface area (Å²) < 4.78 is 26.0. The SMILES string of the molecule is CCCCCCCCCCC(Cc1ccccc1)=C(F)F. The number of hydrogen-bond acceptors (Lipinski definition) is 0. The van der Waals surface area contributed by atoms with Gasteiger partial charge in [0.2, 0.25) is 0 Å². The molecule has 0 saturated heterocycles. The first-order valence-corrected chi connectivity index (χ1v) is 8.31. The molecule has 118 valence electrons. The largest absolute Gasteiger partial charge is 0.269 e. The van der Waals surface area contributed by atoms with Crippen LogP contribution in [0, 0.1) is 0 Å². The van der Waals surface area contributed by atoms with Gasteiger partial charge in [0.25, 0.3) is 6.08 Å². The summed E-state index contributed by atoms with van der Waals surface area (Å²) in [5, 5.41) is 0. The van der Waals surface area contributed by atoms with Crippen LogP contribution in [0.5, 0.6) is 0 Å². The Morgan fingerprint density at radius 1 is 0.810 bits per heavy atom. The molecule has 1 rings (SSSR count). The number of unbranched alkanes of at least 4 members (excludes halogenated alkanes) is 7. The van der Waals surface area contributed by atoms with Crippen molar-refractivity contribution in [2.45, 2.75) is 71.1 Å². The highest BCUT2D eigenvalue weighted by Gasteiger charge is 2.07. The fourth-order valence-corrected chi connectivity index (χ4v) is 2.56. The predicted molar refractivity (Wildman–Crippen MR) is 86.6 cm³/mol. The van der Waals surface area contributed by atoms with Gasteiger partial charge < -0.3 is 0 Å². The van der Waals surface area contributed by atoms with Crippen LogP contribution in [0.15, 0.2) is 42.0 Å². The maximum Gasteiger partial charge on any atom is 0.269 e. The average molecular weight is 294 g/mol. The average Bonchev–Trinajstić information content (AvgIpc) is 2.49. The number of hydrogen-bond donors (Lipinski definition) is 0. The van der Waals surface area contributed by atoms with Crippen molar-refractivity contribution >= 4 is 0 Å². The first-order valence-electron chi connectivity index (χ1n) is 8.31. The van der Waals surface area contributed by atoms with Gasteiger partial charge in [-0.2, -0.15) is 8.78 Å². The molecule has 0 atom stereocenters. The quantitative estimate of drug-likeness (QED) is 0.389. The van der Waals surface area contributed by atoms with E-state index in [0.717, 1.165) is 18.4 Å². The molecule has 0 unspecified atom stereocenters. The summed E-state index contributed by atoms with van der Waals surface area (Å²) >= 11 is 0. The topological polar surface area (TPSA) is 0 Å². The summed E-state index contributed by atoms with van der Waals surface area (Å²) in [5.41, 5.74) is 1.28. The highest BCUT2D eigenvalue weighted by Crippen LogP contribution is 2.21. The lowest BCUT2D eigenvalue weighted by Crippen LogP contribution is -1.93. The van der Waals surface area contributed by atoms with E-state index in [1.807, 2.05) is 30.3 Å². The number of benzene rings is 1. The second-order valence-corrected chi connectivity index (χ2v) is 5.75. The molecule has 0 aliphatic heterocycles. The van der Waals surface area contributed by atoms with Crippen LogP contribution in [0.4, 0.5) is 8.78 Å². The molecule has 0 N–H and O–H groups in total. The molecule has 0 radical (unpaired) electrons. The molecule has 0 bridgehead atoms. The number of halogens is 2. The monoisotopic (exact) mass is 294 g/mol. The van der Waals surface area contributed by atoms with E-state index in [1.54, 1.807) is 0 Å². The van der Waals surface area contributed by atoms with Gasteiger partial charge in [0.15, 0.2) is 0 Å². The Morgan fingerprint density at radius 2 is 1.38 bits per heavy atom. The van der Waals surface area contributed by atoms with E-state index in [2.05, 4.69) is 6.92 Å². The third kappa shape index (κ3) is 8.64. The molecule has 0 nitrogen and oxygen atoms in total. The summed E-state index contributed by atoms with van der Waals surface area (Å²) in [5.74, 6) is 0. The minimum Gasteiger partial charge on any atom is -0.173 e. The molecule has 0 aliphatic carbocycles. The Hall–Kier alpha value is -1.18. The summed E-state index contributed by atoms with van der Waals surface area (Å²) in [4.78, 5) is 0. The first kappa shape index (κ1) is 17.9. The molecule has 1 aromatic carbocycles. The van der Waals surface area contributed by atoms with Gasteiger partial charge in [-0.05, 0) is 30.4 Å². The third-order valence-corrected chi connectivity index (χ3v) is 3.86. The predicted octanol–water partition coefficient (Wildman–Crippen LogP) is 6.91. The molecular weight excluding hydrogens is 266 g/mol. The van der Waals surface area contributed by atoms with Gasteiger partial charge in [0.05, 0.1) is 0 Å². The Bertz CT molecular complexity index is 391. The molecule has 2 heteroatoms. The van der Waals surface area contributed by atoms with Gasteiger partial charge in [0, 0.05) is 0 Å². The Balaban J connectivity index is 2.20. The molecule has 0 heterocycles. The van der Waals surface area contributed by atoms with E-state index in [1.165, 1.54) is 38.5 Å². The van der Waals surface area contributed by atoms with Crippen molar-refractivity contribution in [3.63, 3.8) is 0 Å². The van der Waals surface area contributed by atoms with E-state index in [-0.39, 0.29) is 0 Å². The highest BCUT2D eigenvalue weighted by molar-refractivity contribution is 5.22. The molecule has 0 aromatic heterocycles. The first-order chi connectivity index (χ1) is 10.2. The number of allylic oxidation sites excluding steroid dienone is 1. The molecule has 0 spiro atoms. The Labute approximate surface area is 128 Å². The van der Waals surface area contributed by atoms with Crippen LogP contribution in [0.3, 0.4) is 0 Å². The minimum absolute atomic E-state index is 0.312. The van der Waals surface area contributed by atoms with Crippen LogP contribution < -0.4 is 0 Å². The van der Waals surface area contributed by atoms with E-state index in [9.17, 15) is 8.78 Å². The summed E-state index contributed by atoms with van der Waals surface area (Å²) in [6.45, 7) is 2.21. The Morgan fingerprint density at radius 3 is 1.95 bits per heavy atom. The van der Waals surface area contributed by atoms with Gasteiger partial charge in [-0.25, -0.2) is 0 Å². The zero-order valence-corrected chi connectivity index (χ0v) is 13.2. The molecule has 0 saturated carbocycles. The molecule has 0 amide bonds. The van der Waals surface area contributed by atoms with E-state index in [0.29, 0.717) is 18.4 Å². The van der Waals surface area contributed by atoms with Gasteiger partial charge in [-0.15, -0.1) is 0 Å². The van der Waals surface area contributed by atoms with Gasteiger partial charge >= 0.3 is 0 Å². The van der Waals surface area contributed by atoms with Crippen LogP contribution in [-0.2, 0) is 6.42 Å². The lowest BCUT2D eigenvalue weighted by molar-refractivity contribution is 0.403. The van der Waals surface area contributed by atoms with E-state index < -0.39 is 6.08 Å². The van der Waals surface area contributed by atoms with Crippen LogP contribution in [0.1, 0.15) is 70.3 Å². The molecule has 1 aromatic rings. The summed E-state index contributed by atoms with van der Waals surface area (Å²) in [6.07, 6.45) is 9.00. The van der Waals surface area contributed by atoms with Crippen LogP contribution in [0.25, 0.3) is 0 Å². The van der Waals surface area contributed by atoms with Crippen molar-refractivity contribution in [3.8, 4) is 0 Å². The number of rotatable bonds is 11. The molecule has 21 heavy (non-hydrogen) atoms. The van der Waals surface area contributed by atoms with Crippen molar-refractivity contribution in [1.29, 1.82) is 0 Å². The van der Waals surface area contributed by atoms with Crippen LogP contribution in [-0.4, -0.2) is 0 Å². The van der Waals surface area contributed by atoms with E-state index >= 15 is 0 Å². The van der Waals surface area contributed by atoms with Gasteiger partial charge in [-0.1, -0.05) is 82.2 Å². The van der Waals surface area contributed by atoms with Crippen molar-refractivity contribution in [3.05, 3.63) is 47.5 Å². The van der Waals surface area contributed by atoms with Crippen LogP contribution >= 0.6 is 0 Å². The van der Waals surface area contributed by atoms with E-state index in [4.69, 9.17) is 0 Å². The second-order valence-electron chi connectivity index (χ2n) is 5.75. The lowest BCUT2D eigenvalue weighted by atomic mass is 10.00. The van der Waals surface area contributed by atoms with Crippen molar-refractivity contribution in [2.24, 2.45) is 0 Å². The van der Waals surface area contributed by atoms with Crippen molar-refractivity contribution < 1.29 is 8.78 Å². The Kier molecular flexibility index (Phi) is 9.77. The summed E-state index contributed by atoms with van der Waals surface area (Å²) in [7, 11) is 0. The second kappa shape index (κ2) is 11.5. The van der Waals surface area contributed by atoms with Gasteiger partial charge in [0.1, 0.15) is 0 Å². The minimum atomic E-state index is -1.48. The highest BCUT2D eigenvalue weighted by atomic mass is 19.3. The maximum atomic E-state index is 13.0. The zero-order valence-electron chi connectivity index (χ0n) is 13.2. The molecule has 0 fully saturated rings. The van der Waals surface area contributed by atoms with Gasteiger partial charge in [-0.3, -0.25) is 0 Å². The molecular formula is C19H28F2. The fraction of sp³-hybridized carbons (Fsp3) is 0.579. The fourth-order valence-electron chi connectivity index (χ4n) is 2.56. The normalized spacial score (nSPS) is 10.6. The third-order valence-electron chi connectivity index (χ3n) is 3.86. The van der Waals surface area contributed by atoms with Crippen molar-refractivity contribution in [1.82, 2.24) is 0 Å². The molecule has 0 aliphatic rings.